The van der Waals surface area contributed by atoms with E-state index in [9.17, 15) is 0 Å². The molecule has 0 aliphatic heterocycles. The minimum Gasteiger partial charge on any atom is -0.870 e. The molecule has 0 aromatic rings. The predicted octanol–water partition coefficient (Wildman–Crippen LogP) is 1.70. The maximum atomic E-state index is 2.31. The van der Waals surface area contributed by atoms with Gasteiger partial charge in [-0.1, -0.05) is 0 Å². The molecule has 0 aliphatic carbocycles. The van der Waals surface area contributed by atoms with Gasteiger partial charge in [0.25, 0.3) is 0 Å². The fourth-order valence-corrected chi connectivity index (χ4v) is 2.25. The Kier molecular flexibility index (Phi) is 22.6. The Hall–Kier alpha value is 1.39. The van der Waals surface area contributed by atoms with Gasteiger partial charge in [0, 0.05) is 29.6 Å². The van der Waals surface area contributed by atoms with E-state index in [-0.39, 0.29) is 43.0 Å². The summed E-state index contributed by atoms with van der Waals surface area (Å²) < 4.78 is 0. The summed E-state index contributed by atoms with van der Waals surface area (Å²) >= 11 is 0. The van der Waals surface area contributed by atoms with Crippen LogP contribution in [0.25, 0.3) is 0 Å². The predicted molar refractivity (Wildman–Crippen MR) is 47.6 cm³/mol. The van der Waals surface area contributed by atoms with E-state index in [1.165, 1.54) is 18.5 Å². The van der Waals surface area contributed by atoms with E-state index in [0.717, 1.165) is 0 Å². The monoisotopic (exact) mass is 159 g/mol. The minimum absolute atomic E-state index is 0. The Morgan fingerprint density at radius 1 is 0.889 bits per heavy atom. The van der Waals surface area contributed by atoms with Crippen molar-refractivity contribution in [3.63, 3.8) is 0 Å². The van der Waals surface area contributed by atoms with E-state index in [4.69, 9.17) is 0 Å². The van der Waals surface area contributed by atoms with Crippen LogP contribution < -0.4 is 0 Å². The minimum atomic E-state index is 0. The van der Waals surface area contributed by atoms with Crippen LogP contribution in [0.1, 0.15) is 20.8 Å². The molecule has 0 heterocycles. The van der Waals surface area contributed by atoms with Gasteiger partial charge in [-0.15, -0.1) is 0 Å². The summed E-state index contributed by atoms with van der Waals surface area (Å²) in [7, 11) is 0.137. The standard InChI is InChI=1S/C6H15P.Na.H2O/c1-4-7(5-2)6-3;;/h4-6H2,1-3H3;;1H2. The Balaban J connectivity index is -0.000000180. The van der Waals surface area contributed by atoms with Crippen molar-refractivity contribution in [2.45, 2.75) is 20.8 Å². The molecule has 1 nitrogen and oxygen atoms in total. The summed E-state index contributed by atoms with van der Waals surface area (Å²) in [4.78, 5) is 0. The third-order valence-electron chi connectivity index (χ3n) is 1.50. The molecule has 0 rings (SSSR count). The summed E-state index contributed by atoms with van der Waals surface area (Å²) in [5, 5.41) is 0. The zero-order valence-electron chi connectivity index (χ0n) is 7.07. The van der Waals surface area contributed by atoms with Crippen LogP contribution in [0.5, 0.6) is 0 Å². The number of hydrogen-bond acceptors (Lipinski definition) is 1. The molecule has 0 saturated carbocycles. The third kappa shape index (κ3) is 9.39. The van der Waals surface area contributed by atoms with Gasteiger partial charge in [0.05, 0.1) is 18.5 Å². The summed E-state index contributed by atoms with van der Waals surface area (Å²) in [6, 6.07) is 0. The number of rotatable bonds is 3. The molecule has 0 saturated heterocycles. The molecule has 9 heavy (non-hydrogen) atoms. The van der Waals surface area contributed by atoms with Crippen LogP contribution in [0.4, 0.5) is 0 Å². The molecule has 3 heteroatoms. The SMILES string of the molecule is CC[PH+](CC)CC.[Na].[OH-]. The van der Waals surface area contributed by atoms with Gasteiger partial charge in [0.1, 0.15) is 0 Å². The smallest absolute Gasteiger partial charge is 0.0543 e. The van der Waals surface area contributed by atoms with Crippen molar-refractivity contribution < 1.29 is 5.48 Å². The summed E-state index contributed by atoms with van der Waals surface area (Å²) in [6.07, 6.45) is 4.37. The molecule has 53 valence electrons. The van der Waals surface area contributed by atoms with Crippen molar-refractivity contribution >= 4 is 37.5 Å². The average Bonchev–Trinajstić information content (AvgIpc) is 1.72. The van der Waals surface area contributed by atoms with Crippen LogP contribution in [0, 0.1) is 0 Å². The molecular formula is C6H17NaOP. The zero-order valence-corrected chi connectivity index (χ0v) is 10.1. The van der Waals surface area contributed by atoms with Crippen LogP contribution in [-0.2, 0) is 0 Å². The van der Waals surface area contributed by atoms with Gasteiger partial charge in [-0.2, -0.15) is 0 Å². The molecule has 0 spiro atoms. The molecule has 0 aliphatic rings. The van der Waals surface area contributed by atoms with Gasteiger partial charge in [-0.3, -0.25) is 0 Å². The Morgan fingerprint density at radius 3 is 1.11 bits per heavy atom. The Bertz CT molecular complexity index is 34.5. The molecule has 1 N–H and O–H groups in total. The van der Waals surface area contributed by atoms with Gasteiger partial charge >= 0.3 is 0 Å². The Labute approximate surface area is 82.0 Å². The molecule has 0 aromatic heterocycles. The first-order valence-corrected chi connectivity index (χ1v) is 5.30. The molecule has 0 amide bonds. The van der Waals surface area contributed by atoms with Gasteiger partial charge in [0.15, 0.2) is 0 Å². The van der Waals surface area contributed by atoms with Crippen molar-refractivity contribution in [3.8, 4) is 0 Å². The average molecular weight is 159 g/mol. The van der Waals surface area contributed by atoms with E-state index in [2.05, 4.69) is 20.8 Å². The fraction of sp³-hybridized carbons (Fsp3) is 1.00. The van der Waals surface area contributed by atoms with Crippen LogP contribution >= 0.6 is 7.92 Å². The molecule has 1 radical (unpaired) electrons. The van der Waals surface area contributed by atoms with Gasteiger partial charge in [-0.05, 0) is 28.7 Å². The van der Waals surface area contributed by atoms with E-state index in [0.29, 0.717) is 0 Å². The first-order valence-electron chi connectivity index (χ1n) is 3.18. The molecule has 0 bridgehead atoms. The maximum Gasteiger partial charge on any atom is 0.0543 e. The summed E-state index contributed by atoms with van der Waals surface area (Å²) in [5.74, 6) is 0. The van der Waals surface area contributed by atoms with Crippen molar-refractivity contribution in [2.75, 3.05) is 18.5 Å². The normalized spacial score (nSPS) is 8.00. The molecular weight excluding hydrogens is 142 g/mol. The van der Waals surface area contributed by atoms with Crippen LogP contribution in [-0.4, -0.2) is 53.5 Å². The van der Waals surface area contributed by atoms with Crippen molar-refractivity contribution in [1.29, 1.82) is 0 Å². The van der Waals surface area contributed by atoms with Crippen molar-refractivity contribution in [1.82, 2.24) is 0 Å². The molecule has 0 unspecified atom stereocenters. The largest absolute Gasteiger partial charge is 0.870 e. The summed E-state index contributed by atoms with van der Waals surface area (Å²) in [5.41, 5.74) is 0. The van der Waals surface area contributed by atoms with E-state index in [1.807, 2.05) is 0 Å². The van der Waals surface area contributed by atoms with E-state index in [1.54, 1.807) is 0 Å². The second-order valence-corrected chi connectivity index (χ2v) is 5.43. The Morgan fingerprint density at radius 2 is 1.11 bits per heavy atom. The second-order valence-electron chi connectivity index (χ2n) is 1.81. The first-order chi connectivity index (χ1) is 3.35. The zero-order chi connectivity index (χ0) is 5.70. The second kappa shape index (κ2) is 12.1. The van der Waals surface area contributed by atoms with Crippen LogP contribution in [0.2, 0.25) is 0 Å². The van der Waals surface area contributed by atoms with E-state index < -0.39 is 0 Å². The van der Waals surface area contributed by atoms with Gasteiger partial charge in [-0.25, -0.2) is 0 Å². The third-order valence-corrected chi connectivity index (χ3v) is 4.50. The number of hydrogen-bond donors (Lipinski definition) is 0. The van der Waals surface area contributed by atoms with E-state index >= 15 is 0 Å². The maximum absolute atomic E-state index is 2.31. The quantitative estimate of drug-likeness (QED) is 0.455. The first kappa shape index (κ1) is 16.8. The van der Waals surface area contributed by atoms with Crippen molar-refractivity contribution in [3.05, 3.63) is 0 Å². The topological polar surface area (TPSA) is 30.0 Å². The molecule has 0 atom stereocenters. The van der Waals surface area contributed by atoms with Crippen LogP contribution in [0.3, 0.4) is 0 Å². The van der Waals surface area contributed by atoms with Crippen molar-refractivity contribution in [2.24, 2.45) is 0 Å². The van der Waals surface area contributed by atoms with Gasteiger partial charge in [0.2, 0.25) is 0 Å². The van der Waals surface area contributed by atoms with Crippen LogP contribution in [0.15, 0.2) is 0 Å². The van der Waals surface area contributed by atoms with Gasteiger partial charge < -0.3 is 5.48 Å². The summed E-state index contributed by atoms with van der Waals surface area (Å²) in [6.45, 7) is 6.92. The molecule has 0 fully saturated rings. The molecule has 0 aromatic carbocycles. The fourth-order valence-electron chi connectivity index (χ4n) is 0.750.